The number of rotatable bonds is 5. The first kappa shape index (κ1) is 20.9. The summed E-state index contributed by atoms with van der Waals surface area (Å²) >= 11 is 24.1. The van der Waals surface area contributed by atoms with Gasteiger partial charge in [0.2, 0.25) is 9.74 Å². The number of hydrogen-bond donors (Lipinski definition) is 1. The van der Waals surface area contributed by atoms with Gasteiger partial charge in [-0.15, -0.1) is 0 Å². The van der Waals surface area contributed by atoms with Gasteiger partial charge in [-0.25, -0.2) is 4.98 Å². The number of piperidine rings is 1. The predicted octanol–water partition coefficient (Wildman–Crippen LogP) is 5.16. The van der Waals surface area contributed by atoms with Gasteiger partial charge in [-0.3, -0.25) is 0 Å². The summed E-state index contributed by atoms with van der Waals surface area (Å²) in [7, 11) is 0. The van der Waals surface area contributed by atoms with Crippen LogP contribution >= 0.6 is 46.4 Å². The van der Waals surface area contributed by atoms with Gasteiger partial charge < -0.3 is 10.2 Å². The van der Waals surface area contributed by atoms with Crippen LogP contribution in [0.5, 0.6) is 0 Å². The number of nitrogens with zero attached hydrogens (tertiary/aromatic N) is 4. The van der Waals surface area contributed by atoms with Crippen LogP contribution in [-0.4, -0.2) is 46.0 Å². The van der Waals surface area contributed by atoms with Crippen molar-refractivity contribution in [1.29, 1.82) is 0 Å². The molecule has 3 rings (SSSR count). The Bertz CT molecular complexity index is 773. The molecular formula is C18H21Cl4N5. The maximum atomic E-state index is 6.08. The van der Waals surface area contributed by atoms with E-state index >= 15 is 0 Å². The van der Waals surface area contributed by atoms with Gasteiger partial charge in [0.05, 0.1) is 0 Å². The molecule has 0 atom stereocenters. The third-order valence-electron chi connectivity index (χ3n) is 4.67. The highest BCUT2D eigenvalue weighted by Gasteiger charge is 2.29. The van der Waals surface area contributed by atoms with Crippen molar-refractivity contribution < 1.29 is 0 Å². The van der Waals surface area contributed by atoms with Crippen LogP contribution in [0, 0.1) is 5.92 Å². The lowest BCUT2D eigenvalue weighted by Gasteiger charge is -2.31. The van der Waals surface area contributed by atoms with E-state index in [4.69, 9.17) is 46.4 Å². The standard InChI is InChI=1S/C18H21Cl4N5/c1-2-27-8-6-12(7-9-27)11-23-17-25-15(13-4-3-5-14(19)10-13)24-16(26-17)18(20,21)22/h3-5,10,12H,2,6-9,11H2,1H3,(H,23,24,25,26). The molecule has 2 aromatic rings. The molecule has 0 amide bonds. The molecule has 1 aromatic heterocycles. The summed E-state index contributed by atoms with van der Waals surface area (Å²) in [6, 6.07) is 7.23. The molecule has 5 nitrogen and oxygen atoms in total. The van der Waals surface area contributed by atoms with E-state index in [0.717, 1.165) is 44.6 Å². The molecule has 1 saturated heterocycles. The highest BCUT2D eigenvalue weighted by Crippen LogP contribution is 2.37. The lowest BCUT2D eigenvalue weighted by molar-refractivity contribution is 0.198. The zero-order valence-corrected chi connectivity index (χ0v) is 18.0. The smallest absolute Gasteiger partial charge is 0.250 e. The summed E-state index contributed by atoms with van der Waals surface area (Å²) in [5, 5.41) is 3.88. The average Bonchev–Trinajstić information content (AvgIpc) is 2.66. The fourth-order valence-corrected chi connectivity index (χ4v) is 3.52. The SMILES string of the molecule is CCN1CCC(CNc2nc(-c3cccc(Cl)c3)nc(C(Cl)(Cl)Cl)n2)CC1. The van der Waals surface area contributed by atoms with Gasteiger partial charge in [0.15, 0.2) is 11.6 Å². The van der Waals surface area contributed by atoms with Gasteiger partial charge >= 0.3 is 0 Å². The van der Waals surface area contributed by atoms with Crippen LogP contribution in [0.3, 0.4) is 0 Å². The minimum absolute atomic E-state index is 0.0841. The summed E-state index contributed by atoms with van der Waals surface area (Å²) in [6.45, 7) is 6.30. The van der Waals surface area contributed by atoms with E-state index in [1.807, 2.05) is 12.1 Å². The maximum Gasteiger partial charge on any atom is 0.250 e. The average molecular weight is 449 g/mol. The molecule has 1 aromatic carbocycles. The number of hydrogen-bond acceptors (Lipinski definition) is 5. The minimum atomic E-state index is -1.74. The van der Waals surface area contributed by atoms with Crippen molar-refractivity contribution in [2.24, 2.45) is 5.92 Å². The summed E-state index contributed by atoms with van der Waals surface area (Å²) in [5.74, 6) is 1.47. The molecule has 0 radical (unpaired) electrons. The molecule has 1 N–H and O–H groups in total. The van der Waals surface area contributed by atoms with Crippen LogP contribution in [0.1, 0.15) is 25.6 Å². The monoisotopic (exact) mass is 447 g/mol. The molecule has 2 heterocycles. The van der Waals surface area contributed by atoms with E-state index in [-0.39, 0.29) is 5.82 Å². The number of likely N-dealkylation sites (tertiary alicyclic amines) is 1. The van der Waals surface area contributed by atoms with E-state index in [1.54, 1.807) is 12.1 Å². The number of alkyl halides is 3. The van der Waals surface area contributed by atoms with Crippen LogP contribution < -0.4 is 5.32 Å². The van der Waals surface area contributed by atoms with Gasteiger partial charge in [0.25, 0.3) is 0 Å². The zero-order chi connectivity index (χ0) is 19.4. The highest BCUT2D eigenvalue weighted by atomic mass is 35.6. The number of benzene rings is 1. The van der Waals surface area contributed by atoms with E-state index in [9.17, 15) is 0 Å². The van der Waals surface area contributed by atoms with E-state index in [2.05, 4.69) is 32.1 Å². The van der Waals surface area contributed by atoms with Gasteiger partial charge in [-0.05, 0) is 50.5 Å². The summed E-state index contributed by atoms with van der Waals surface area (Å²) in [6.07, 6.45) is 2.29. The minimum Gasteiger partial charge on any atom is -0.354 e. The second kappa shape index (κ2) is 9.10. The molecule has 0 aliphatic carbocycles. The maximum absolute atomic E-state index is 6.08. The Hall–Kier alpha value is -0.850. The second-order valence-electron chi connectivity index (χ2n) is 6.57. The molecule has 1 fully saturated rings. The first-order chi connectivity index (χ1) is 12.8. The van der Waals surface area contributed by atoms with Crippen molar-refractivity contribution in [3.8, 4) is 11.4 Å². The normalized spacial score (nSPS) is 16.5. The number of anilines is 1. The first-order valence-electron chi connectivity index (χ1n) is 8.90. The van der Waals surface area contributed by atoms with Gasteiger partial charge in [-0.1, -0.05) is 65.5 Å². The Morgan fingerprint density at radius 2 is 1.89 bits per heavy atom. The van der Waals surface area contributed by atoms with Gasteiger partial charge in [-0.2, -0.15) is 9.97 Å². The second-order valence-corrected chi connectivity index (χ2v) is 9.29. The van der Waals surface area contributed by atoms with Crippen LogP contribution in [-0.2, 0) is 3.79 Å². The molecular weight excluding hydrogens is 428 g/mol. The fourth-order valence-electron chi connectivity index (χ4n) is 3.08. The van der Waals surface area contributed by atoms with Crippen molar-refractivity contribution in [1.82, 2.24) is 19.9 Å². The topological polar surface area (TPSA) is 53.9 Å². The van der Waals surface area contributed by atoms with Crippen LogP contribution in [0.15, 0.2) is 24.3 Å². The predicted molar refractivity (Wildman–Crippen MR) is 113 cm³/mol. The van der Waals surface area contributed by atoms with Crippen molar-refractivity contribution in [3.05, 3.63) is 35.1 Å². The van der Waals surface area contributed by atoms with Crippen LogP contribution in [0.25, 0.3) is 11.4 Å². The highest BCUT2D eigenvalue weighted by molar-refractivity contribution is 6.66. The molecule has 1 aliphatic rings. The van der Waals surface area contributed by atoms with Crippen molar-refractivity contribution in [2.75, 3.05) is 31.5 Å². The Labute approximate surface area is 179 Å². The molecule has 1 aliphatic heterocycles. The molecule has 0 unspecified atom stereocenters. The quantitative estimate of drug-likeness (QED) is 0.640. The Morgan fingerprint density at radius 3 is 2.52 bits per heavy atom. The van der Waals surface area contributed by atoms with Crippen molar-refractivity contribution in [3.63, 3.8) is 0 Å². The number of nitrogens with one attached hydrogen (secondary N) is 1. The number of halogens is 4. The van der Waals surface area contributed by atoms with Crippen molar-refractivity contribution in [2.45, 2.75) is 23.6 Å². The zero-order valence-electron chi connectivity index (χ0n) is 14.9. The lowest BCUT2D eigenvalue weighted by Crippen LogP contribution is -2.35. The van der Waals surface area contributed by atoms with Crippen LogP contribution in [0.2, 0.25) is 5.02 Å². The van der Waals surface area contributed by atoms with E-state index in [1.165, 1.54) is 0 Å². The van der Waals surface area contributed by atoms with Gasteiger partial charge in [0.1, 0.15) is 0 Å². The molecule has 0 saturated carbocycles. The first-order valence-corrected chi connectivity index (χ1v) is 10.4. The molecule has 9 heteroatoms. The lowest BCUT2D eigenvalue weighted by atomic mass is 9.97. The molecule has 146 valence electrons. The van der Waals surface area contributed by atoms with E-state index in [0.29, 0.717) is 22.7 Å². The molecule has 0 bridgehead atoms. The van der Waals surface area contributed by atoms with Gasteiger partial charge in [0, 0.05) is 17.1 Å². The van der Waals surface area contributed by atoms with Crippen molar-refractivity contribution >= 4 is 52.4 Å². The van der Waals surface area contributed by atoms with E-state index < -0.39 is 3.79 Å². The summed E-state index contributed by atoms with van der Waals surface area (Å²) in [5.41, 5.74) is 0.736. The third kappa shape index (κ3) is 5.81. The Morgan fingerprint density at radius 1 is 1.15 bits per heavy atom. The third-order valence-corrected chi connectivity index (χ3v) is 5.42. The number of aromatic nitrogens is 3. The Balaban J connectivity index is 1.79. The fraction of sp³-hybridized carbons (Fsp3) is 0.500. The van der Waals surface area contributed by atoms with Crippen LogP contribution in [0.4, 0.5) is 5.95 Å². The molecule has 0 spiro atoms. The summed E-state index contributed by atoms with van der Waals surface area (Å²) in [4.78, 5) is 15.6. The largest absolute Gasteiger partial charge is 0.354 e. The Kier molecular flexibility index (Phi) is 7.03. The molecule has 27 heavy (non-hydrogen) atoms. The summed E-state index contributed by atoms with van der Waals surface area (Å²) < 4.78 is -1.74.